The van der Waals surface area contributed by atoms with Crippen LogP contribution in [0.1, 0.15) is 19.3 Å². The van der Waals surface area contributed by atoms with Crippen molar-refractivity contribution in [2.24, 2.45) is 0 Å². The van der Waals surface area contributed by atoms with Crippen LogP contribution in [0.3, 0.4) is 0 Å². The minimum atomic E-state index is -3.84. The molecule has 4 nitrogen and oxygen atoms in total. The highest BCUT2D eigenvalue weighted by atomic mass is 35.5. The van der Waals surface area contributed by atoms with Gasteiger partial charge >= 0.3 is 0 Å². The quantitative estimate of drug-likeness (QED) is 0.829. The predicted octanol–water partition coefficient (Wildman–Crippen LogP) is 2.97. The summed E-state index contributed by atoms with van der Waals surface area (Å²) in [5, 5.41) is 2.83. The number of rotatable bonds is 5. The molecule has 1 saturated heterocycles. The van der Waals surface area contributed by atoms with Crippen LogP contribution in [0, 0.1) is 5.82 Å². The fourth-order valence-electron chi connectivity index (χ4n) is 2.23. The molecular weight excluding hydrogens is 362 g/mol. The molecule has 21 heavy (non-hydrogen) atoms. The zero-order valence-electron chi connectivity index (χ0n) is 11.0. The standard InChI is InChI=1S/C12H15Cl2FN2O2S.ClH/c13-10-6-8(15)7-11(14)12(10)20(18,19)17-5-3-9-2-1-4-16-9;/h6-7,9,16-17H,1-5H2;1H/t9-;/m1./s1. The largest absolute Gasteiger partial charge is 0.314 e. The van der Waals surface area contributed by atoms with E-state index >= 15 is 0 Å². The van der Waals surface area contributed by atoms with Crippen LogP contribution in [-0.2, 0) is 10.0 Å². The molecule has 1 fully saturated rings. The Bertz CT molecular complexity index is 569. The first-order valence-corrected chi connectivity index (χ1v) is 8.51. The summed E-state index contributed by atoms with van der Waals surface area (Å²) in [6.07, 6.45) is 2.84. The minimum absolute atomic E-state index is 0. The van der Waals surface area contributed by atoms with Gasteiger partial charge in [0.25, 0.3) is 0 Å². The van der Waals surface area contributed by atoms with E-state index in [9.17, 15) is 12.8 Å². The number of halogens is 4. The Kier molecular flexibility index (Phi) is 7.16. The molecule has 1 aromatic carbocycles. The van der Waals surface area contributed by atoms with Crippen molar-refractivity contribution in [3.63, 3.8) is 0 Å². The first-order valence-electron chi connectivity index (χ1n) is 6.28. The van der Waals surface area contributed by atoms with Gasteiger partial charge in [0.05, 0.1) is 10.0 Å². The van der Waals surface area contributed by atoms with Crippen molar-refractivity contribution in [1.82, 2.24) is 10.0 Å². The van der Waals surface area contributed by atoms with Gasteiger partial charge in [-0.15, -0.1) is 12.4 Å². The molecule has 1 aromatic rings. The molecule has 0 radical (unpaired) electrons. The van der Waals surface area contributed by atoms with Gasteiger partial charge in [0.1, 0.15) is 10.7 Å². The molecule has 0 amide bonds. The van der Waals surface area contributed by atoms with Crippen LogP contribution in [0.4, 0.5) is 4.39 Å². The second kappa shape index (κ2) is 7.94. The third kappa shape index (κ3) is 4.94. The van der Waals surface area contributed by atoms with Crippen LogP contribution in [0.2, 0.25) is 10.0 Å². The maximum absolute atomic E-state index is 13.1. The Morgan fingerprint density at radius 2 is 1.95 bits per heavy atom. The Labute approximate surface area is 139 Å². The minimum Gasteiger partial charge on any atom is -0.314 e. The highest BCUT2D eigenvalue weighted by molar-refractivity contribution is 7.89. The topological polar surface area (TPSA) is 58.2 Å². The molecule has 0 unspecified atom stereocenters. The summed E-state index contributed by atoms with van der Waals surface area (Å²) in [7, 11) is -3.84. The number of sulfonamides is 1. The van der Waals surface area contributed by atoms with Gasteiger partial charge in [0, 0.05) is 12.6 Å². The fraction of sp³-hybridized carbons (Fsp3) is 0.500. The summed E-state index contributed by atoms with van der Waals surface area (Å²) in [5.74, 6) is -0.672. The highest BCUT2D eigenvalue weighted by Crippen LogP contribution is 2.30. The summed E-state index contributed by atoms with van der Waals surface area (Å²) in [5.41, 5.74) is 0. The second-order valence-corrected chi connectivity index (χ2v) is 7.20. The van der Waals surface area contributed by atoms with Crippen molar-refractivity contribution in [2.75, 3.05) is 13.1 Å². The van der Waals surface area contributed by atoms with Crippen molar-refractivity contribution in [2.45, 2.75) is 30.2 Å². The molecule has 1 aliphatic rings. The molecule has 0 bridgehead atoms. The Morgan fingerprint density at radius 1 is 1.33 bits per heavy atom. The number of benzene rings is 1. The van der Waals surface area contributed by atoms with Crippen molar-refractivity contribution < 1.29 is 12.8 Å². The van der Waals surface area contributed by atoms with E-state index < -0.39 is 15.8 Å². The first-order chi connectivity index (χ1) is 9.40. The Morgan fingerprint density at radius 3 is 2.48 bits per heavy atom. The molecule has 0 saturated carbocycles. The van der Waals surface area contributed by atoms with E-state index in [2.05, 4.69) is 10.0 Å². The van der Waals surface area contributed by atoms with Crippen LogP contribution in [0.15, 0.2) is 17.0 Å². The van der Waals surface area contributed by atoms with Crippen LogP contribution in [0.5, 0.6) is 0 Å². The Hall–Kier alpha value is -0.110. The van der Waals surface area contributed by atoms with Crippen LogP contribution in [0.25, 0.3) is 0 Å². The molecule has 1 heterocycles. The lowest BCUT2D eigenvalue weighted by Crippen LogP contribution is -2.31. The van der Waals surface area contributed by atoms with Gasteiger partial charge in [-0.1, -0.05) is 23.2 Å². The number of nitrogens with one attached hydrogen (secondary N) is 2. The zero-order valence-corrected chi connectivity index (χ0v) is 14.2. The summed E-state index contributed by atoms with van der Waals surface area (Å²) >= 11 is 11.5. The van der Waals surface area contributed by atoms with Crippen molar-refractivity contribution in [3.05, 3.63) is 28.0 Å². The van der Waals surface area contributed by atoms with Crippen molar-refractivity contribution in [1.29, 1.82) is 0 Å². The summed E-state index contributed by atoms with van der Waals surface area (Å²) < 4.78 is 39.8. The molecule has 0 aliphatic carbocycles. The molecule has 2 rings (SSSR count). The maximum Gasteiger partial charge on any atom is 0.243 e. The van der Waals surface area contributed by atoms with Gasteiger partial charge in [-0.05, 0) is 37.9 Å². The molecule has 120 valence electrons. The summed E-state index contributed by atoms with van der Waals surface area (Å²) in [4.78, 5) is -0.276. The van der Waals surface area contributed by atoms with Crippen LogP contribution >= 0.6 is 35.6 Å². The van der Waals surface area contributed by atoms with Crippen LogP contribution < -0.4 is 10.0 Å². The maximum atomic E-state index is 13.1. The van der Waals surface area contributed by atoms with E-state index in [1.54, 1.807) is 0 Å². The summed E-state index contributed by atoms with van der Waals surface area (Å²) in [6, 6.07) is 2.19. The van der Waals surface area contributed by atoms with Gasteiger partial charge in [0.2, 0.25) is 10.0 Å². The molecule has 0 spiro atoms. The normalized spacial score (nSPS) is 18.5. The van der Waals surface area contributed by atoms with Gasteiger partial charge in [-0.3, -0.25) is 0 Å². The number of hydrogen-bond acceptors (Lipinski definition) is 3. The van der Waals surface area contributed by atoms with Crippen molar-refractivity contribution >= 4 is 45.6 Å². The third-order valence-corrected chi connectivity index (χ3v) is 5.56. The Balaban J connectivity index is 0.00000220. The van der Waals surface area contributed by atoms with E-state index in [4.69, 9.17) is 23.2 Å². The van der Waals surface area contributed by atoms with Gasteiger partial charge in [-0.25, -0.2) is 17.5 Å². The van der Waals surface area contributed by atoms with E-state index in [1.165, 1.54) is 0 Å². The highest BCUT2D eigenvalue weighted by Gasteiger charge is 2.23. The lowest BCUT2D eigenvalue weighted by Gasteiger charge is -2.13. The second-order valence-electron chi connectivity index (χ2n) is 4.68. The van der Waals surface area contributed by atoms with Crippen LogP contribution in [-0.4, -0.2) is 27.5 Å². The van der Waals surface area contributed by atoms with E-state index in [-0.39, 0.29) is 33.9 Å². The smallest absolute Gasteiger partial charge is 0.243 e. The molecule has 0 aromatic heterocycles. The lowest BCUT2D eigenvalue weighted by atomic mass is 10.2. The van der Waals surface area contributed by atoms with E-state index in [0.29, 0.717) is 12.5 Å². The third-order valence-electron chi connectivity index (χ3n) is 3.18. The molecule has 9 heteroatoms. The molecule has 1 aliphatic heterocycles. The number of hydrogen-bond donors (Lipinski definition) is 2. The van der Waals surface area contributed by atoms with Gasteiger partial charge in [0.15, 0.2) is 0 Å². The molecular formula is C12H16Cl3FN2O2S. The average molecular weight is 378 g/mol. The zero-order chi connectivity index (χ0) is 14.8. The van der Waals surface area contributed by atoms with Gasteiger partial charge in [-0.2, -0.15) is 0 Å². The SMILES string of the molecule is Cl.O=S(=O)(NCC[C@H]1CCCN1)c1c(Cl)cc(F)cc1Cl. The average Bonchev–Trinajstić information content (AvgIpc) is 2.79. The summed E-state index contributed by atoms with van der Waals surface area (Å²) in [6.45, 7) is 1.25. The fourth-order valence-corrected chi connectivity index (χ4v) is 4.46. The molecule has 1 atom stereocenters. The molecule has 2 N–H and O–H groups in total. The monoisotopic (exact) mass is 376 g/mol. The van der Waals surface area contributed by atoms with Crippen molar-refractivity contribution in [3.8, 4) is 0 Å². The van der Waals surface area contributed by atoms with E-state index in [0.717, 1.165) is 31.5 Å². The lowest BCUT2D eigenvalue weighted by molar-refractivity contribution is 0.539. The van der Waals surface area contributed by atoms with E-state index in [1.807, 2.05) is 0 Å². The first kappa shape index (κ1) is 18.9. The predicted molar refractivity (Wildman–Crippen MR) is 84.5 cm³/mol. The van der Waals surface area contributed by atoms with Gasteiger partial charge < -0.3 is 5.32 Å².